The summed E-state index contributed by atoms with van der Waals surface area (Å²) in [5.74, 6) is 0.885. The van der Waals surface area contributed by atoms with Crippen molar-refractivity contribution in [3.8, 4) is 22.1 Å². The largest absolute Gasteiger partial charge is 0.493 e. The van der Waals surface area contributed by atoms with Crippen molar-refractivity contribution in [2.24, 2.45) is 0 Å². The number of benzene rings is 2. The molecule has 0 atom stereocenters. The van der Waals surface area contributed by atoms with Crippen LogP contribution in [-0.4, -0.2) is 36.6 Å². The van der Waals surface area contributed by atoms with E-state index in [0.717, 1.165) is 21.1 Å². The van der Waals surface area contributed by atoms with E-state index in [4.69, 9.17) is 14.5 Å². The number of methoxy groups -OCH3 is 2. The van der Waals surface area contributed by atoms with Crippen LogP contribution in [0.4, 0.5) is 4.39 Å². The summed E-state index contributed by atoms with van der Waals surface area (Å²) in [6.07, 6.45) is 0.700. The van der Waals surface area contributed by atoms with Crippen LogP contribution in [-0.2, 0) is 13.0 Å². The Morgan fingerprint density at radius 3 is 2.57 bits per heavy atom. The Bertz CT molecular complexity index is 1020. The zero-order chi connectivity index (χ0) is 19.7. The van der Waals surface area contributed by atoms with Crippen LogP contribution >= 0.6 is 11.3 Å². The highest BCUT2D eigenvalue weighted by molar-refractivity contribution is 7.15. The molecule has 0 saturated heterocycles. The standard InChI is InChI=1S/C21H19FN2O3S/c1-26-17-8-5-14(11-18(17)27-2)20-23-16-9-10-24(12-19(16)28-20)21(25)13-3-6-15(22)7-4-13/h3-8,11H,9-10,12H2,1-2H3. The highest BCUT2D eigenvalue weighted by Gasteiger charge is 2.25. The third kappa shape index (κ3) is 3.45. The van der Waals surface area contributed by atoms with Gasteiger partial charge in [0.25, 0.3) is 5.91 Å². The van der Waals surface area contributed by atoms with Gasteiger partial charge in [-0.2, -0.15) is 0 Å². The molecule has 0 fully saturated rings. The fraction of sp³-hybridized carbons (Fsp3) is 0.238. The van der Waals surface area contributed by atoms with Crippen molar-refractivity contribution < 1.29 is 18.7 Å². The molecule has 1 amide bonds. The van der Waals surface area contributed by atoms with Crippen LogP contribution in [0.25, 0.3) is 10.6 Å². The van der Waals surface area contributed by atoms with Gasteiger partial charge in [-0.1, -0.05) is 0 Å². The van der Waals surface area contributed by atoms with Crippen molar-refractivity contribution in [3.63, 3.8) is 0 Å². The normalized spacial score (nSPS) is 13.2. The van der Waals surface area contributed by atoms with E-state index >= 15 is 0 Å². The Kier molecular flexibility index (Phi) is 5.00. The van der Waals surface area contributed by atoms with Crippen LogP contribution in [0.1, 0.15) is 20.9 Å². The number of carbonyl (C=O) groups excluding carboxylic acids is 1. The molecule has 0 unspecified atom stereocenters. The number of carbonyl (C=O) groups is 1. The number of hydrogen-bond acceptors (Lipinski definition) is 5. The minimum atomic E-state index is -0.348. The van der Waals surface area contributed by atoms with Crippen LogP contribution in [0.5, 0.6) is 11.5 Å². The molecule has 4 rings (SSSR count). The quantitative estimate of drug-likeness (QED) is 0.662. The third-order valence-corrected chi connectivity index (χ3v) is 5.87. The molecule has 0 bridgehead atoms. The molecule has 1 aliphatic heterocycles. The molecule has 2 aromatic carbocycles. The van der Waals surface area contributed by atoms with E-state index < -0.39 is 0 Å². The highest BCUT2D eigenvalue weighted by Crippen LogP contribution is 2.36. The predicted molar refractivity (Wildman–Crippen MR) is 105 cm³/mol. The number of rotatable bonds is 4. The number of thiazole rings is 1. The van der Waals surface area contributed by atoms with Gasteiger partial charge < -0.3 is 14.4 Å². The first kappa shape index (κ1) is 18.4. The van der Waals surface area contributed by atoms with Crippen LogP contribution in [0.2, 0.25) is 0 Å². The summed E-state index contributed by atoms with van der Waals surface area (Å²) in [4.78, 5) is 20.3. The monoisotopic (exact) mass is 398 g/mol. The first-order chi connectivity index (χ1) is 13.6. The molecule has 0 radical (unpaired) electrons. The number of ether oxygens (including phenoxy) is 2. The van der Waals surface area contributed by atoms with E-state index in [0.29, 0.717) is 36.6 Å². The first-order valence-electron chi connectivity index (χ1n) is 8.85. The summed E-state index contributed by atoms with van der Waals surface area (Å²) in [6, 6.07) is 11.4. The van der Waals surface area contributed by atoms with Crippen LogP contribution in [0.15, 0.2) is 42.5 Å². The number of nitrogens with zero attached hydrogens (tertiary/aromatic N) is 2. The zero-order valence-corrected chi connectivity index (χ0v) is 16.4. The molecule has 3 aromatic rings. The average Bonchev–Trinajstić information content (AvgIpc) is 3.16. The van der Waals surface area contributed by atoms with Gasteiger partial charge in [0.15, 0.2) is 11.5 Å². The smallest absolute Gasteiger partial charge is 0.254 e. The second kappa shape index (κ2) is 7.59. The Morgan fingerprint density at radius 2 is 1.86 bits per heavy atom. The van der Waals surface area contributed by atoms with Gasteiger partial charge in [0.1, 0.15) is 10.8 Å². The lowest BCUT2D eigenvalue weighted by molar-refractivity contribution is 0.0736. The second-order valence-corrected chi connectivity index (χ2v) is 7.53. The van der Waals surface area contributed by atoms with Gasteiger partial charge in [0, 0.05) is 29.0 Å². The molecule has 5 nitrogen and oxygen atoms in total. The molecule has 2 heterocycles. The minimum Gasteiger partial charge on any atom is -0.493 e. The van der Waals surface area contributed by atoms with Crippen molar-refractivity contribution in [1.29, 1.82) is 0 Å². The first-order valence-corrected chi connectivity index (χ1v) is 9.66. The summed E-state index contributed by atoms with van der Waals surface area (Å²) in [6.45, 7) is 1.11. The molecule has 144 valence electrons. The highest BCUT2D eigenvalue weighted by atomic mass is 32.1. The van der Waals surface area contributed by atoms with Gasteiger partial charge in [-0.15, -0.1) is 11.3 Å². The maximum Gasteiger partial charge on any atom is 0.254 e. The Hall–Kier alpha value is -2.93. The van der Waals surface area contributed by atoms with E-state index in [1.807, 2.05) is 18.2 Å². The number of halogens is 1. The molecule has 1 aromatic heterocycles. The lowest BCUT2D eigenvalue weighted by Crippen LogP contribution is -2.35. The predicted octanol–water partition coefficient (Wildman–Crippen LogP) is 4.16. The Balaban J connectivity index is 1.57. The zero-order valence-electron chi connectivity index (χ0n) is 15.6. The molecular weight excluding hydrogens is 379 g/mol. The van der Waals surface area contributed by atoms with Gasteiger partial charge in [-0.3, -0.25) is 4.79 Å². The third-order valence-electron chi connectivity index (χ3n) is 4.74. The molecule has 28 heavy (non-hydrogen) atoms. The average molecular weight is 398 g/mol. The Morgan fingerprint density at radius 1 is 1.11 bits per heavy atom. The van der Waals surface area contributed by atoms with Crippen molar-refractivity contribution in [2.75, 3.05) is 20.8 Å². The van der Waals surface area contributed by atoms with Crippen LogP contribution < -0.4 is 9.47 Å². The van der Waals surface area contributed by atoms with Gasteiger partial charge >= 0.3 is 0 Å². The van der Waals surface area contributed by atoms with E-state index in [-0.39, 0.29) is 11.7 Å². The Labute approximate surface area is 166 Å². The fourth-order valence-corrected chi connectivity index (χ4v) is 4.36. The van der Waals surface area contributed by atoms with E-state index in [9.17, 15) is 9.18 Å². The van der Waals surface area contributed by atoms with Gasteiger partial charge in [0.05, 0.1) is 26.5 Å². The minimum absolute atomic E-state index is 0.0910. The molecule has 7 heteroatoms. The maximum absolute atomic E-state index is 13.1. The van der Waals surface area contributed by atoms with Gasteiger partial charge in [0.2, 0.25) is 0 Å². The summed E-state index contributed by atoms with van der Waals surface area (Å²) in [5, 5.41) is 0.891. The van der Waals surface area contributed by atoms with Crippen molar-refractivity contribution in [3.05, 3.63) is 64.4 Å². The summed E-state index contributed by atoms with van der Waals surface area (Å²) >= 11 is 1.58. The van der Waals surface area contributed by atoms with E-state index in [1.165, 1.54) is 24.3 Å². The molecule has 1 aliphatic rings. The molecule has 0 aliphatic carbocycles. The van der Waals surface area contributed by atoms with Crippen molar-refractivity contribution in [2.45, 2.75) is 13.0 Å². The molecular formula is C21H19FN2O3S. The van der Waals surface area contributed by atoms with Crippen molar-refractivity contribution in [1.82, 2.24) is 9.88 Å². The molecule has 0 spiro atoms. The number of amides is 1. The number of fused-ring (bicyclic) bond motifs is 1. The lowest BCUT2D eigenvalue weighted by Gasteiger charge is -2.26. The molecule has 0 saturated carbocycles. The molecule has 0 N–H and O–H groups in total. The second-order valence-electron chi connectivity index (χ2n) is 6.44. The van der Waals surface area contributed by atoms with Crippen molar-refractivity contribution >= 4 is 17.2 Å². The van der Waals surface area contributed by atoms with Gasteiger partial charge in [-0.05, 0) is 42.5 Å². The van der Waals surface area contributed by atoms with E-state index in [1.54, 1.807) is 30.5 Å². The lowest BCUT2D eigenvalue weighted by atomic mass is 10.1. The van der Waals surface area contributed by atoms with Crippen LogP contribution in [0.3, 0.4) is 0 Å². The van der Waals surface area contributed by atoms with Gasteiger partial charge in [-0.25, -0.2) is 9.37 Å². The topological polar surface area (TPSA) is 51.7 Å². The summed E-state index contributed by atoms with van der Waals surface area (Å²) in [5.41, 5.74) is 2.47. The fourth-order valence-electron chi connectivity index (χ4n) is 3.24. The van der Waals surface area contributed by atoms with Crippen LogP contribution in [0, 0.1) is 5.82 Å². The number of aromatic nitrogens is 1. The maximum atomic E-state index is 13.1. The number of hydrogen-bond donors (Lipinski definition) is 0. The SMILES string of the molecule is COc1ccc(-c2nc3c(s2)CN(C(=O)c2ccc(F)cc2)CC3)cc1OC. The summed E-state index contributed by atoms with van der Waals surface area (Å²) in [7, 11) is 3.21. The summed E-state index contributed by atoms with van der Waals surface area (Å²) < 4.78 is 23.8. The van der Waals surface area contributed by atoms with E-state index in [2.05, 4.69) is 0 Å².